The summed E-state index contributed by atoms with van der Waals surface area (Å²) in [6.07, 6.45) is 9.06. The van der Waals surface area contributed by atoms with Crippen LogP contribution in [0, 0.1) is 0 Å². The van der Waals surface area contributed by atoms with Gasteiger partial charge in [-0.05, 0) is 47.9 Å². The van der Waals surface area contributed by atoms with E-state index in [9.17, 15) is 4.79 Å². The maximum absolute atomic E-state index is 12.6. The summed E-state index contributed by atoms with van der Waals surface area (Å²) in [5.74, 6) is 1.91. The zero-order valence-electron chi connectivity index (χ0n) is 20.4. The number of oxazole rings is 1. The average Bonchev–Trinajstić information content (AvgIpc) is 3.20. The largest absolute Gasteiger partial charge is 0.430 e. The van der Waals surface area contributed by atoms with Crippen LogP contribution in [0.25, 0.3) is 11.2 Å². The van der Waals surface area contributed by atoms with Gasteiger partial charge in [0.05, 0.1) is 0 Å². The fourth-order valence-electron chi connectivity index (χ4n) is 3.96. The molecule has 1 amide bonds. The van der Waals surface area contributed by atoms with Gasteiger partial charge in [-0.3, -0.25) is 4.79 Å². The standard InChI is InChI=1S/C27H37N3O2S/c1-19(2)21-13-11-14-22(20(3)4)25(21)29-24(31)16-9-7-5-6-8-10-18-33-27-30-26-23(32-27)15-12-17-28-26/h11-15,17,19-20H,5-10,16,18H2,1-4H3,(H,29,31). The summed E-state index contributed by atoms with van der Waals surface area (Å²) in [5.41, 5.74) is 4.90. The molecule has 0 aliphatic rings. The predicted octanol–water partition coefficient (Wildman–Crippen LogP) is 7.93. The number of hydrogen-bond acceptors (Lipinski definition) is 5. The molecule has 1 N–H and O–H groups in total. The van der Waals surface area contributed by atoms with Gasteiger partial charge in [0.25, 0.3) is 5.22 Å². The number of rotatable bonds is 13. The lowest BCUT2D eigenvalue weighted by Gasteiger charge is -2.20. The first-order chi connectivity index (χ1) is 16.0. The van der Waals surface area contributed by atoms with E-state index in [2.05, 4.69) is 61.2 Å². The maximum Gasteiger partial charge on any atom is 0.258 e. The van der Waals surface area contributed by atoms with Crippen LogP contribution in [0.4, 0.5) is 5.69 Å². The molecule has 0 aliphatic carbocycles. The lowest BCUT2D eigenvalue weighted by Crippen LogP contribution is -2.15. The van der Waals surface area contributed by atoms with Crippen molar-refractivity contribution in [1.82, 2.24) is 9.97 Å². The molecule has 2 aromatic heterocycles. The molecule has 33 heavy (non-hydrogen) atoms. The predicted molar refractivity (Wildman–Crippen MR) is 138 cm³/mol. The summed E-state index contributed by atoms with van der Waals surface area (Å²) in [6.45, 7) is 8.71. The van der Waals surface area contributed by atoms with Crippen LogP contribution < -0.4 is 5.32 Å². The number of aromatic nitrogens is 2. The molecule has 0 aliphatic heterocycles. The van der Waals surface area contributed by atoms with Gasteiger partial charge in [0.15, 0.2) is 11.2 Å². The van der Waals surface area contributed by atoms with E-state index < -0.39 is 0 Å². The molecular weight excluding hydrogens is 430 g/mol. The van der Waals surface area contributed by atoms with Gasteiger partial charge in [-0.1, -0.05) is 83.3 Å². The Kier molecular flexibility index (Phi) is 9.79. The van der Waals surface area contributed by atoms with E-state index in [1.54, 1.807) is 18.0 Å². The molecule has 0 saturated heterocycles. The molecule has 0 unspecified atom stereocenters. The van der Waals surface area contributed by atoms with Gasteiger partial charge in [-0.15, -0.1) is 0 Å². The lowest BCUT2D eigenvalue weighted by atomic mass is 9.92. The van der Waals surface area contributed by atoms with Gasteiger partial charge in [-0.2, -0.15) is 4.98 Å². The van der Waals surface area contributed by atoms with E-state index in [0.717, 1.165) is 36.3 Å². The van der Waals surface area contributed by atoms with Crippen molar-refractivity contribution in [2.24, 2.45) is 0 Å². The van der Waals surface area contributed by atoms with Crippen molar-refractivity contribution in [3.63, 3.8) is 0 Å². The zero-order chi connectivity index (χ0) is 23.6. The Morgan fingerprint density at radius 1 is 0.939 bits per heavy atom. The second kappa shape index (κ2) is 12.8. The Bertz CT molecular complexity index is 970. The van der Waals surface area contributed by atoms with Gasteiger partial charge in [-0.25, -0.2) is 4.98 Å². The average molecular weight is 468 g/mol. The molecular formula is C27H37N3O2S. The van der Waals surface area contributed by atoms with Crippen LogP contribution in [-0.4, -0.2) is 21.6 Å². The van der Waals surface area contributed by atoms with E-state index >= 15 is 0 Å². The van der Waals surface area contributed by atoms with Gasteiger partial charge >= 0.3 is 0 Å². The van der Waals surface area contributed by atoms with E-state index in [-0.39, 0.29) is 5.91 Å². The highest BCUT2D eigenvalue weighted by molar-refractivity contribution is 7.99. The van der Waals surface area contributed by atoms with Crippen molar-refractivity contribution in [1.29, 1.82) is 0 Å². The second-order valence-electron chi connectivity index (χ2n) is 9.19. The number of thioether (sulfide) groups is 1. The fourth-order valence-corrected chi connectivity index (χ4v) is 4.79. The van der Waals surface area contributed by atoms with Gasteiger partial charge in [0.1, 0.15) is 0 Å². The van der Waals surface area contributed by atoms with Crippen LogP contribution in [0.2, 0.25) is 0 Å². The number of nitrogens with one attached hydrogen (secondary N) is 1. The highest BCUT2D eigenvalue weighted by Crippen LogP contribution is 2.32. The van der Waals surface area contributed by atoms with Crippen molar-refractivity contribution >= 4 is 34.6 Å². The normalized spacial score (nSPS) is 11.6. The number of carbonyl (C=O) groups is 1. The highest BCUT2D eigenvalue weighted by Gasteiger charge is 2.15. The van der Waals surface area contributed by atoms with E-state index in [1.165, 1.54) is 30.4 Å². The molecule has 2 heterocycles. The highest BCUT2D eigenvalue weighted by atomic mass is 32.2. The van der Waals surface area contributed by atoms with Crippen molar-refractivity contribution in [3.8, 4) is 0 Å². The number of para-hydroxylation sites is 1. The second-order valence-corrected chi connectivity index (χ2v) is 10.2. The van der Waals surface area contributed by atoms with E-state index in [4.69, 9.17) is 4.42 Å². The summed E-state index contributed by atoms with van der Waals surface area (Å²) < 4.78 is 5.68. The summed E-state index contributed by atoms with van der Waals surface area (Å²) in [6, 6.07) is 10.1. The number of anilines is 1. The molecule has 6 heteroatoms. The molecule has 0 fully saturated rings. The molecule has 0 saturated carbocycles. The Labute approximate surface area is 202 Å². The summed E-state index contributed by atoms with van der Waals surface area (Å²) in [7, 11) is 0. The van der Waals surface area contributed by atoms with Crippen LogP contribution in [0.5, 0.6) is 0 Å². The number of fused-ring (bicyclic) bond motifs is 1. The van der Waals surface area contributed by atoms with Crippen molar-refractivity contribution in [3.05, 3.63) is 47.7 Å². The molecule has 3 rings (SSSR count). The first-order valence-electron chi connectivity index (χ1n) is 12.2. The number of benzene rings is 1. The number of amides is 1. The molecule has 0 spiro atoms. The van der Waals surface area contributed by atoms with Crippen LogP contribution in [0.1, 0.15) is 95.6 Å². The summed E-state index contributed by atoms with van der Waals surface area (Å²) in [5, 5.41) is 3.93. The first-order valence-corrected chi connectivity index (χ1v) is 13.2. The van der Waals surface area contributed by atoms with Gasteiger partial charge < -0.3 is 9.73 Å². The SMILES string of the molecule is CC(C)c1cccc(C(C)C)c1NC(=O)CCCCCCCCSc1nc2ncccc2o1. The van der Waals surface area contributed by atoms with E-state index in [0.29, 0.717) is 29.1 Å². The molecule has 0 radical (unpaired) electrons. The minimum absolute atomic E-state index is 0.134. The quantitative estimate of drug-likeness (QED) is 0.204. The lowest BCUT2D eigenvalue weighted by molar-refractivity contribution is -0.116. The number of unbranched alkanes of at least 4 members (excludes halogenated alkanes) is 5. The molecule has 5 nitrogen and oxygen atoms in total. The minimum Gasteiger partial charge on any atom is -0.430 e. The Balaban J connectivity index is 1.29. The Hall–Kier alpha value is -2.34. The smallest absolute Gasteiger partial charge is 0.258 e. The van der Waals surface area contributed by atoms with Crippen LogP contribution in [0.3, 0.4) is 0 Å². The molecule has 1 aromatic carbocycles. The molecule has 3 aromatic rings. The third-order valence-electron chi connectivity index (χ3n) is 5.81. The van der Waals surface area contributed by atoms with Crippen LogP contribution >= 0.6 is 11.8 Å². The third-order valence-corrected chi connectivity index (χ3v) is 6.72. The molecule has 0 bridgehead atoms. The number of nitrogens with zero attached hydrogens (tertiary/aromatic N) is 2. The third kappa shape index (κ3) is 7.60. The first kappa shape index (κ1) is 25.3. The Morgan fingerprint density at radius 2 is 1.61 bits per heavy atom. The summed E-state index contributed by atoms with van der Waals surface area (Å²) in [4.78, 5) is 21.2. The fraction of sp³-hybridized carbons (Fsp3) is 0.519. The van der Waals surface area contributed by atoms with Crippen molar-refractivity contribution in [2.75, 3.05) is 11.1 Å². The number of hydrogen-bond donors (Lipinski definition) is 1. The Morgan fingerprint density at radius 3 is 2.27 bits per heavy atom. The van der Waals surface area contributed by atoms with Crippen molar-refractivity contribution in [2.45, 2.75) is 89.7 Å². The number of carbonyl (C=O) groups excluding carboxylic acids is 1. The van der Waals surface area contributed by atoms with Crippen molar-refractivity contribution < 1.29 is 9.21 Å². The van der Waals surface area contributed by atoms with Gasteiger partial charge in [0.2, 0.25) is 5.91 Å². The summed E-state index contributed by atoms with van der Waals surface area (Å²) >= 11 is 1.65. The van der Waals surface area contributed by atoms with Crippen LogP contribution in [-0.2, 0) is 4.79 Å². The van der Waals surface area contributed by atoms with Crippen LogP contribution in [0.15, 0.2) is 46.2 Å². The molecule has 0 atom stereocenters. The maximum atomic E-state index is 12.6. The van der Waals surface area contributed by atoms with E-state index in [1.807, 2.05) is 12.1 Å². The molecule has 178 valence electrons. The monoisotopic (exact) mass is 467 g/mol. The zero-order valence-corrected chi connectivity index (χ0v) is 21.2. The van der Waals surface area contributed by atoms with Gasteiger partial charge in [0, 0.05) is 24.1 Å². The minimum atomic E-state index is 0.134. The topological polar surface area (TPSA) is 68.0 Å². The number of pyridine rings is 1.